The molecule has 0 aromatic rings. The lowest BCUT2D eigenvalue weighted by molar-refractivity contribution is -0.142. The van der Waals surface area contributed by atoms with Crippen molar-refractivity contribution in [2.45, 2.75) is 19.4 Å². The lowest BCUT2D eigenvalue weighted by Gasteiger charge is -2.15. The van der Waals surface area contributed by atoms with E-state index in [1.54, 1.807) is 11.8 Å². The molecule has 15 heavy (non-hydrogen) atoms. The van der Waals surface area contributed by atoms with Crippen molar-refractivity contribution in [3.05, 3.63) is 0 Å². The third-order valence-electron chi connectivity index (χ3n) is 1.80. The van der Waals surface area contributed by atoms with Crippen LogP contribution in [0.1, 0.15) is 13.3 Å². The molecule has 0 aliphatic rings. The van der Waals surface area contributed by atoms with Crippen molar-refractivity contribution in [1.82, 2.24) is 4.72 Å². The number of nitrogens with one attached hydrogen (secondary N) is 1. The highest BCUT2D eigenvalue weighted by molar-refractivity contribution is 7.98. The van der Waals surface area contributed by atoms with Crippen molar-refractivity contribution in [2.24, 2.45) is 0 Å². The fraction of sp³-hybridized carbons (Fsp3) is 0.875. The van der Waals surface area contributed by atoms with Gasteiger partial charge in [-0.25, -0.2) is 13.1 Å². The zero-order valence-electron chi connectivity index (χ0n) is 9.15. The Hall–Kier alpha value is -0.270. The molecule has 0 aromatic carbocycles. The largest absolute Gasteiger partial charge is 0.468 e. The average Bonchev–Trinajstić information content (AvgIpc) is 2.23. The number of rotatable bonds is 7. The molecule has 5 nitrogen and oxygen atoms in total. The molecule has 0 fully saturated rings. The van der Waals surface area contributed by atoms with Crippen LogP contribution in [0.25, 0.3) is 0 Å². The van der Waals surface area contributed by atoms with Gasteiger partial charge in [0.2, 0.25) is 10.0 Å². The van der Waals surface area contributed by atoms with Gasteiger partial charge >= 0.3 is 5.97 Å². The maximum atomic E-state index is 11.3. The Kier molecular flexibility index (Phi) is 6.95. The van der Waals surface area contributed by atoms with Gasteiger partial charge in [0.25, 0.3) is 0 Å². The van der Waals surface area contributed by atoms with Crippen LogP contribution in [0, 0.1) is 0 Å². The molecule has 0 heterocycles. The molecule has 0 aliphatic heterocycles. The molecule has 1 unspecified atom stereocenters. The minimum atomic E-state index is -3.36. The highest BCUT2D eigenvalue weighted by Crippen LogP contribution is 2.04. The lowest BCUT2D eigenvalue weighted by Crippen LogP contribution is -2.42. The summed E-state index contributed by atoms with van der Waals surface area (Å²) >= 11 is 1.55. The SMILES string of the molecule is CCS(=O)(=O)NC(CCSC)C(=O)OC. The summed E-state index contributed by atoms with van der Waals surface area (Å²) in [5.41, 5.74) is 0. The molecule has 0 rings (SSSR count). The van der Waals surface area contributed by atoms with Crippen LogP contribution in [-0.4, -0.2) is 45.3 Å². The maximum Gasteiger partial charge on any atom is 0.323 e. The number of hydrogen-bond acceptors (Lipinski definition) is 5. The number of carbonyl (C=O) groups excluding carboxylic acids is 1. The highest BCUT2D eigenvalue weighted by Gasteiger charge is 2.23. The van der Waals surface area contributed by atoms with E-state index in [1.165, 1.54) is 14.0 Å². The number of sulfonamides is 1. The Morgan fingerprint density at radius 1 is 1.53 bits per heavy atom. The molecule has 0 spiro atoms. The van der Waals surface area contributed by atoms with E-state index in [0.717, 1.165) is 0 Å². The molecule has 0 bridgehead atoms. The Labute approximate surface area is 95.0 Å². The van der Waals surface area contributed by atoms with Gasteiger partial charge in [-0.2, -0.15) is 11.8 Å². The second-order valence-corrected chi connectivity index (χ2v) is 5.91. The van der Waals surface area contributed by atoms with Crippen LogP contribution >= 0.6 is 11.8 Å². The number of methoxy groups -OCH3 is 1. The van der Waals surface area contributed by atoms with Gasteiger partial charge < -0.3 is 4.74 Å². The first-order valence-corrected chi connectivity index (χ1v) is 7.58. The van der Waals surface area contributed by atoms with E-state index < -0.39 is 22.0 Å². The van der Waals surface area contributed by atoms with Crippen LogP contribution in [0.15, 0.2) is 0 Å². The number of thioether (sulfide) groups is 1. The summed E-state index contributed by atoms with van der Waals surface area (Å²) in [4.78, 5) is 11.3. The predicted molar refractivity (Wildman–Crippen MR) is 61.4 cm³/mol. The van der Waals surface area contributed by atoms with Gasteiger partial charge in [0.05, 0.1) is 12.9 Å². The Bertz CT molecular complexity index is 289. The summed E-state index contributed by atoms with van der Waals surface area (Å²) in [7, 11) is -2.12. The quantitative estimate of drug-likeness (QED) is 0.659. The van der Waals surface area contributed by atoms with Crippen LogP contribution in [0.3, 0.4) is 0 Å². The fourth-order valence-corrected chi connectivity index (χ4v) is 2.19. The third-order valence-corrected chi connectivity index (χ3v) is 3.85. The molecule has 0 amide bonds. The van der Waals surface area contributed by atoms with Crippen molar-refractivity contribution in [3.63, 3.8) is 0 Å². The minimum Gasteiger partial charge on any atom is -0.468 e. The predicted octanol–water partition coefficient (Wildman–Crippen LogP) is 0.220. The first-order valence-electron chi connectivity index (χ1n) is 4.53. The topological polar surface area (TPSA) is 72.5 Å². The van der Waals surface area contributed by atoms with Crippen LogP contribution in [0.5, 0.6) is 0 Å². The molecule has 1 atom stereocenters. The lowest BCUT2D eigenvalue weighted by atomic mass is 10.2. The van der Waals surface area contributed by atoms with Gasteiger partial charge in [-0.05, 0) is 25.4 Å². The molecule has 1 N–H and O–H groups in total. The molecule has 0 aromatic heterocycles. The van der Waals surface area contributed by atoms with Gasteiger partial charge in [-0.1, -0.05) is 0 Å². The molecule has 0 aliphatic carbocycles. The van der Waals surface area contributed by atoms with Crippen LogP contribution in [0.2, 0.25) is 0 Å². The van der Waals surface area contributed by atoms with Crippen molar-refractivity contribution in [1.29, 1.82) is 0 Å². The van der Waals surface area contributed by atoms with E-state index in [0.29, 0.717) is 12.2 Å². The van der Waals surface area contributed by atoms with Crippen LogP contribution in [-0.2, 0) is 19.6 Å². The standard InChI is InChI=1S/C8H17NO4S2/c1-4-15(11,12)9-7(5-6-14-3)8(10)13-2/h7,9H,4-6H2,1-3H3. The minimum absolute atomic E-state index is 0.0419. The normalized spacial score (nSPS) is 13.5. The molecular formula is C8H17NO4S2. The van der Waals surface area contributed by atoms with Gasteiger partial charge in [0.1, 0.15) is 6.04 Å². The van der Waals surface area contributed by atoms with Gasteiger partial charge in [-0.3, -0.25) is 4.79 Å². The summed E-state index contributed by atoms with van der Waals surface area (Å²) in [6.07, 6.45) is 2.33. The first kappa shape index (κ1) is 14.7. The van der Waals surface area contributed by atoms with E-state index in [1.807, 2.05) is 6.26 Å². The molecule has 0 radical (unpaired) electrons. The van der Waals surface area contributed by atoms with E-state index in [2.05, 4.69) is 9.46 Å². The van der Waals surface area contributed by atoms with E-state index in [-0.39, 0.29) is 5.75 Å². The van der Waals surface area contributed by atoms with Crippen molar-refractivity contribution in [2.75, 3.05) is 24.9 Å². The smallest absolute Gasteiger partial charge is 0.323 e. The van der Waals surface area contributed by atoms with Gasteiger partial charge in [0, 0.05) is 0 Å². The summed E-state index contributed by atoms with van der Waals surface area (Å²) in [5.74, 6) is 0.118. The summed E-state index contributed by atoms with van der Waals surface area (Å²) in [6, 6.07) is -0.771. The Morgan fingerprint density at radius 2 is 2.13 bits per heavy atom. The molecule has 7 heteroatoms. The number of esters is 1. The first-order chi connectivity index (χ1) is 6.96. The molecule has 90 valence electrons. The number of carbonyl (C=O) groups is 1. The Morgan fingerprint density at radius 3 is 2.53 bits per heavy atom. The number of ether oxygens (including phenoxy) is 1. The van der Waals surface area contributed by atoms with E-state index in [4.69, 9.17) is 0 Å². The molecule has 0 saturated heterocycles. The van der Waals surface area contributed by atoms with Crippen molar-refractivity contribution in [3.8, 4) is 0 Å². The average molecular weight is 255 g/mol. The second-order valence-electron chi connectivity index (χ2n) is 2.88. The van der Waals surface area contributed by atoms with Crippen LogP contribution in [0.4, 0.5) is 0 Å². The summed E-state index contributed by atoms with van der Waals surface area (Å²) in [5, 5.41) is 0. The van der Waals surface area contributed by atoms with Crippen molar-refractivity contribution < 1.29 is 17.9 Å². The molecule has 0 saturated carbocycles. The summed E-state index contributed by atoms with van der Waals surface area (Å²) < 4.78 is 29.4. The van der Waals surface area contributed by atoms with Gasteiger partial charge in [0.15, 0.2) is 0 Å². The molecular weight excluding hydrogens is 238 g/mol. The zero-order valence-corrected chi connectivity index (χ0v) is 10.8. The highest BCUT2D eigenvalue weighted by atomic mass is 32.2. The Balaban J connectivity index is 4.44. The van der Waals surface area contributed by atoms with E-state index >= 15 is 0 Å². The van der Waals surface area contributed by atoms with Gasteiger partial charge in [-0.15, -0.1) is 0 Å². The van der Waals surface area contributed by atoms with Crippen LogP contribution < -0.4 is 4.72 Å². The van der Waals surface area contributed by atoms with E-state index in [9.17, 15) is 13.2 Å². The maximum absolute atomic E-state index is 11.3. The zero-order chi connectivity index (χ0) is 11.9. The number of hydrogen-bond donors (Lipinski definition) is 1. The monoisotopic (exact) mass is 255 g/mol. The van der Waals surface area contributed by atoms with Crippen molar-refractivity contribution >= 4 is 27.8 Å². The fourth-order valence-electron chi connectivity index (χ4n) is 0.903. The summed E-state index contributed by atoms with van der Waals surface area (Å²) in [6.45, 7) is 1.52. The third kappa shape index (κ3) is 6.01. The second kappa shape index (κ2) is 7.08.